The SMILES string of the molecule is Cc1ccc(N(c2ccccc2C)c2ccc3ccccc3c2-c2cccc3ccccc23)cc1. The van der Waals surface area contributed by atoms with E-state index in [4.69, 9.17) is 0 Å². The quantitative estimate of drug-likeness (QED) is 0.259. The predicted octanol–water partition coefficient (Wildman–Crippen LogP) is 9.75. The number of aryl methyl sites for hydroxylation is 2. The minimum absolute atomic E-state index is 1.15. The van der Waals surface area contributed by atoms with E-state index >= 15 is 0 Å². The molecule has 0 heterocycles. The smallest absolute Gasteiger partial charge is 0.0546 e. The van der Waals surface area contributed by atoms with Gasteiger partial charge in [-0.15, -0.1) is 0 Å². The van der Waals surface area contributed by atoms with Crippen LogP contribution < -0.4 is 4.90 Å². The van der Waals surface area contributed by atoms with Gasteiger partial charge in [-0.3, -0.25) is 0 Å². The Balaban J connectivity index is 1.74. The van der Waals surface area contributed by atoms with Gasteiger partial charge in [0.05, 0.1) is 5.69 Å². The van der Waals surface area contributed by atoms with Crippen molar-refractivity contribution in [3.05, 3.63) is 139 Å². The lowest BCUT2D eigenvalue weighted by Gasteiger charge is -2.30. The lowest BCUT2D eigenvalue weighted by molar-refractivity contribution is 1.25. The summed E-state index contributed by atoms with van der Waals surface area (Å²) in [7, 11) is 0. The van der Waals surface area contributed by atoms with Crippen LogP contribution in [0.5, 0.6) is 0 Å². The first-order valence-corrected chi connectivity index (χ1v) is 12.1. The minimum Gasteiger partial charge on any atom is -0.310 e. The van der Waals surface area contributed by atoms with Crippen molar-refractivity contribution >= 4 is 38.6 Å². The molecule has 0 unspecified atom stereocenters. The van der Waals surface area contributed by atoms with Gasteiger partial charge in [-0.05, 0) is 70.8 Å². The maximum Gasteiger partial charge on any atom is 0.0546 e. The van der Waals surface area contributed by atoms with Crippen LogP contribution in [-0.2, 0) is 0 Å². The Morgan fingerprint density at radius 1 is 0.457 bits per heavy atom. The zero-order valence-corrected chi connectivity index (χ0v) is 20.1. The van der Waals surface area contributed by atoms with E-state index < -0.39 is 0 Å². The molecule has 0 spiro atoms. The van der Waals surface area contributed by atoms with Crippen molar-refractivity contribution < 1.29 is 0 Å². The van der Waals surface area contributed by atoms with E-state index in [2.05, 4.69) is 146 Å². The summed E-state index contributed by atoms with van der Waals surface area (Å²) in [6.07, 6.45) is 0. The molecule has 168 valence electrons. The molecule has 0 amide bonds. The number of benzene rings is 6. The maximum absolute atomic E-state index is 2.42. The number of hydrogen-bond acceptors (Lipinski definition) is 1. The lowest BCUT2D eigenvalue weighted by Crippen LogP contribution is -2.12. The highest BCUT2D eigenvalue weighted by atomic mass is 15.1. The molecule has 0 saturated carbocycles. The molecule has 0 N–H and O–H groups in total. The van der Waals surface area contributed by atoms with Crippen molar-refractivity contribution in [3.63, 3.8) is 0 Å². The molecular formula is C34H27N. The summed E-state index contributed by atoms with van der Waals surface area (Å²) in [4.78, 5) is 2.42. The molecule has 0 aromatic heterocycles. The summed E-state index contributed by atoms with van der Waals surface area (Å²) in [5, 5.41) is 5.02. The van der Waals surface area contributed by atoms with E-state index in [1.165, 1.54) is 55.2 Å². The molecule has 6 rings (SSSR count). The van der Waals surface area contributed by atoms with Crippen molar-refractivity contribution in [3.8, 4) is 11.1 Å². The Labute approximate surface area is 206 Å². The highest BCUT2D eigenvalue weighted by Gasteiger charge is 2.21. The molecule has 0 aliphatic rings. The van der Waals surface area contributed by atoms with Gasteiger partial charge in [0.2, 0.25) is 0 Å². The molecular weight excluding hydrogens is 422 g/mol. The van der Waals surface area contributed by atoms with Gasteiger partial charge in [-0.25, -0.2) is 0 Å². The Kier molecular flexibility index (Phi) is 5.31. The molecule has 0 bridgehead atoms. The Hall–Kier alpha value is -4.36. The molecule has 0 aliphatic carbocycles. The predicted molar refractivity (Wildman–Crippen MR) is 151 cm³/mol. The molecule has 6 aromatic rings. The molecule has 0 radical (unpaired) electrons. The monoisotopic (exact) mass is 449 g/mol. The fraction of sp³-hybridized carbons (Fsp3) is 0.0588. The number of fused-ring (bicyclic) bond motifs is 2. The van der Waals surface area contributed by atoms with Crippen molar-refractivity contribution in [2.24, 2.45) is 0 Å². The van der Waals surface area contributed by atoms with Gasteiger partial charge < -0.3 is 4.90 Å². The molecule has 35 heavy (non-hydrogen) atoms. The second kappa shape index (κ2) is 8.77. The standard InChI is InChI=1S/C34H27N/c1-24-18-21-28(22-19-24)35(32-17-8-3-10-25(32)2)33-23-20-27-12-5-7-15-30(27)34(33)31-16-9-13-26-11-4-6-14-29(26)31/h3-23H,1-2H3. The first kappa shape index (κ1) is 21.2. The van der Waals surface area contributed by atoms with Crippen molar-refractivity contribution in [2.45, 2.75) is 13.8 Å². The fourth-order valence-electron chi connectivity index (χ4n) is 5.09. The van der Waals surface area contributed by atoms with Crippen LogP contribution >= 0.6 is 0 Å². The Morgan fingerprint density at radius 3 is 1.86 bits per heavy atom. The Bertz CT molecular complexity index is 1660. The summed E-state index contributed by atoms with van der Waals surface area (Å²) >= 11 is 0. The highest BCUT2D eigenvalue weighted by molar-refractivity contribution is 6.11. The average Bonchev–Trinajstić information content (AvgIpc) is 2.90. The zero-order valence-electron chi connectivity index (χ0n) is 20.1. The number of para-hydroxylation sites is 1. The van der Waals surface area contributed by atoms with Crippen LogP contribution in [0, 0.1) is 13.8 Å². The number of rotatable bonds is 4. The van der Waals surface area contributed by atoms with Gasteiger partial charge in [-0.2, -0.15) is 0 Å². The second-order valence-corrected chi connectivity index (χ2v) is 9.16. The molecule has 6 aromatic carbocycles. The zero-order chi connectivity index (χ0) is 23.8. The van der Waals surface area contributed by atoms with Crippen LogP contribution in [0.3, 0.4) is 0 Å². The number of nitrogens with zero attached hydrogens (tertiary/aromatic N) is 1. The Morgan fingerprint density at radius 2 is 1.09 bits per heavy atom. The van der Waals surface area contributed by atoms with E-state index in [9.17, 15) is 0 Å². The van der Waals surface area contributed by atoms with Gasteiger partial charge in [-0.1, -0.05) is 109 Å². The first-order chi connectivity index (χ1) is 17.2. The van der Waals surface area contributed by atoms with Crippen molar-refractivity contribution in [1.29, 1.82) is 0 Å². The van der Waals surface area contributed by atoms with Crippen molar-refractivity contribution in [1.82, 2.24) is 0 Å². The van der Waals surface area contributed by atoms with Gasteiger partial charge in [0.15, 0.2) is 0 Å². The average molecular weight is 450 g/mol. The van der Waals surface area contributed by atoms with Crippen LogP contribution in [0.25, 0.3) is 32.7 Å². The van der Waals surface area contributed by atoms with E-state index in [1.807, 2.05) is 0 Å². The third kappa shape index (κ3) is 3.76. The van der Waals surface area contributed by atoms with Crippen LogP contribution in [0.4, 0.5) is 17.1 Å². The van der Waals surface area contributed by atoms with Gasteiger partial charge >= 0.3 is 0 Å². The third-order valence-electron chi connectivity index (χ3n) is 6.86. The highest BCUT2D eigenvalue weighted by Crippen LogP contribution is 2.46. The largest absolute Gasteiger partial charge is 0.310 e. The third-order valence-corrected chi connectivity index (χ3v) is 6.86. The second-order valence-electron chi connectivity index (χ2n) is 9.16. The van der Waals surface area contributed by atoms with Crippen LogP contribution in [-0.4, -0.2) is 0 Å². The molecule has 0 aliphatic heterocycles. The topological polar surface area (TPSA) is 3.24 Å². The van der Waals surface area contributed by atoms with Gasteiger partial charge in [0.1, 0.15) is 0 Å². The van der Waals surface area contributed by atoms with Crippen molar-refractivity contribution in [2.75, 3.05) is 4.90 Å². The summed E-state index contributed by atoms with van der Waals surface area (Å²) < 4.78 is 0. The first-order valence-electron chi connectivity index (χ1n) is 12.1. The van der Waals surface area contributed by atoms with E-state index in [0.29, 0.717) is 0 Å². The van der Waals surface area contributed by atoms with Gasteiger partial charge in [0.25, 0.3) is 0 Å². The normalized spacial score (nSPS) is 11.1. The lowest BCUT2D eigenvalue weighted by atomic mass is 9.91. The van der Waals surface area contributed by atoms with Crippen LogP contribution in [0.15, 0.2) is 127 Å². The van der Waals surface area contributed by atoms with Crippen LogP contribution in [0.1, 0.15) is 11.1 Å². The van der Waals surface area contributed by atoms with E-state index in [1.54, 1.807) is 0 Å². The van der Waals surface area contributed by atoms with Gasteiger partial charge in [0, 0.05) is 16.9 Å². The molecule has 0 atom stereocenters. The molecule has 1 nitrogen and oxygen atoms in total. The summed E-state index contributed by atoms with van der Waals surface area (Å²) in [6, 6.07) is 46.1. The summed E-state index contributed by atoms with van der Waals surface area (Å²) in [5.41, 5.74) is 8.52. The minimum atomic E-state index is 1.15. The van der Waals surface area contributed by atoms with E-state index in [-0.39, 0.29) is 0 Å². The molecule has 0 saturated heterocycles. The maximum atomic E-state index is 2.42. The summed E-state index contributed by atoms with van der Waals surface area (Å²) in [5.74, 6) is 0. The number of anilines is 3. The van der Waals surface area contributed by atoms with Crippen LogP contribution in [0.2, 0.25) is 0 Å². The molecule has 1 heteroatoms. The number of hydrogen-bond donors (Lipinski definition) is 0. The summed E-state index contributed by atoms with van der Waals surface area (Å²) in [6.45, 7) is 4.33. The fourth-order valence-corrected chi connectivity index (χ4v) is 5.09. The van der Waals surface area contributed by atoms with E-state index in [0.717, 1.165) is 5.69 Å². The molecule has 0 fully saturated rings.